The van der Waals surface area contributed by atoms with Crippen molar-refractivity contribution in [3.8, 4) is 5.75 Å². The number of aromatic nitrogens is 2. The van der Waals surface area contributed by atoms with Crippen LogP contribution in [-0.4, -0.2) is 42.7 Å². The monoisotopic (exact) mass is 351 g/mol. The van der Waals surface area contributed by atoms with Gasteiger partial charge in [0.1, 0.15) is 5.75 Å². The van der Waals surface area contributed by atoms with Crippen molar-refractivity contribution >= 4 is 10.0 Å². The minimum Gasteiger partial charge on any atom is -0.494 e. The zero-order valence-corrected chi connectivity index (χ0v) is 15.7. The van der Waals surface area contributed by atoms with Gasteiger partial charge in [-0.1, -0.05) is 0 Å². The van der Waals surface area contributed by atoms with Gasteiger partial charge in [0.25, 0.3) is 0 Å². The van der Waals surface area contributed by atoms with Crippen molar-refractivity contribution in [2.75, 3.05) is 20.2 Å². The lowest BCUT2D eigenvalue weighted by atomic mass is 10.1. The van der Waals surface area contributed by atoms with Crippen molar-refractivity contribution in [1.29, 1.82) is 0 Å². The van der Waals surface area contributed by atoms with Gasteiger partial charge in [0.15, 0.2) is 0 Å². The summed E-state index contributed by atoms with van der Waals surface area (Å²) in [7, 11) is -0.0101. The highest BCUT2D eigenvalue weighted by Gasteiger charge is 2.21. The first kappa shape index (κ1) is 18.5. The molecule has 1 aromatic carbocycles. The molecule has 1 heterocycles. The SMILES string of the molecule is CCOc1ccc(S(=O)(=O)N(C)CCc2c(C)nn(C)c2C)cc1. The molecule has 0 saturated heterocycles. The van der Waals surface area contributed by atoms with Crippen LogP contribution in [0.2, 0.25) is 0 Å². The Balaban J connectivity index is 2.11. The predicted molar refractivity (Wildman–Crippen MR) is 93.8 cm³/mol. The Morgan fingerprint density at radius 1 is 1.21 bits per heavy atom. The molecule has 0 bridgehead atoms. The first-order chi connectivity index (χ1) is 11.3. The summed E-state index contributed by atoms with van der Waals surface area (Å²) in [4.78, 5) is 0.271. The molecule has 0 aliphatic heterocycles. The van der Waals surface area contributed by atoms with E-state index in [2.05, 4.69) is 5.10 Å². The molecule has 0 radical (unpaired) electrons. The van der Waals surface area contributed by atoms with E-state index in [-0.39, 0.29) is 4.90 Å². The fourth-order valence-corrected chi connectivity index (χ4v) is 3.79. The van der Waals surface area contributed by atoms with Crippen LogP contribution in [0, 0.1) is 13.8 Å². The van der Waals surface area contributed by atoms with E-state index >= 15 is 0 Å². The number of nitrogens with zero attached hydrogens (tertiary/aromatic N) is 3. The van der Waals surface area contributed by atoms with E-state index < -0.39 is 10.0 Å². The molecule has 6 nitrogen and oxygen atoms in total. The molecule has 0 spiro atoms. The third-order valence-electron chi connectivity index (χ3n) is 4.18. The van der Waals surface area contributed by atoms with Crippen LogP contribution < -0.4 is 4.74 Å². The second-order valence-electron chi connectivity index (χ2n) is 5.75. The number of likely N-dealkylation sites (N-methyl/N-ethyl adjacent to an activating group) is 1. The molecule has 7 heteroatoms. The van der Waals surface area contributed by atoms with Gasteiger partial charge in [-0.3, -0.25) is 4.68 Å². The molecular weight excluding hydrogens is 326 g/mol. The van der Waals surface area contributed by atoms with Crippen molar-refractivity contribution in [2.24, 2.45) is 7.05 Å². The van der Waals surface area contributed by atoms with Crippen molar-refractivity contribution in [3.05, 3.63) is 41.2 Å². The van der Waals surface area contributed by atoms with Crippen molar-refractivity contribution in [3.63, 3.8) is 0 Å². The third-order valence-corrected chi connectivity index (χ3v) is 6.05. The van der Waals surface area contributed by atoms with Gasteiger partial charge in [-0.2, -0.15) is 5.10 Å². The van der Waals surface area contributed by atoms with Gasteiger partial charge in [0.05, 0.1) is 17.2 Å². The summed E-state index contributed by atoms with van der Waals surface area (Å²) in [5.41, 5.74) is 3.12. The van der Waals surface area contributed by atoms with Crippen molar-refractivity contribution in [1.82, 2.24) is 14.1 Å². The molecule has 0 atom stereocenters. The van der Waals surface area contributed by atoms with E-state index in [1.807, 2.05) is 32.5 Å². The minimum atomic E-state index is -3.51. The average molecular weight is 351 g/mol. The standard InChI is InChI=1S/C17H25N3O3S/c1-6-23-15-7-9-16(10-8-15)24(21,22)19(4)12-11-17-13(2)18-20(5)14(17)3/h7-10H,6,11-12H2,1-5H3. The summed E-state index contributed by atoms with van der Waals surface area (Å²) in [5.74, 6) is 0.667. The number of aryl methyl sites for hydroxylation is 2. The molecule has 132 valence electrons. The van der Waals surface area contributed by atoms with Gasteiger partial charge in [-0.15, -0.1) is 0 Å². The normalized spacial score (nSPS) is 11.9. The molecule has 0 saturated carbocycles. The van der Waals surface area contributed by atoms with E-state index in [1.165, 1.54) is 4.31 Å². The van der Waals surface area contributed by atoms with Crippen LogP contribution in [0.4, 0.5) is 0 Å². The van der Waals surface area contributed by atoms with Crippen LogP contribution in [-0.2, 0) is 23.5 Å². The molecule has 1 aromatic heterocycles. The minimum absolute atomic E-state index is 0.271. The first-order valence-electron chi connectivity index (χ1n) is 7.95. The summed E-state index contributed by atoms with van der Waals surface area (Å²) < 4.78 is 33.9. The summed E-state index contributed by atoms with van der Waals surface area (Å²) >= 11 is 0. The Hall–Kier alpha value is -1.86. The van der Waals surface area contributed by atoms with Gasteiger partial charge in [-0.05, 0) is 57.0 Å². The second-order valence-corrected chi connectivity index (χ2v) is 7.80. The Bertz CT molecular complexity index is 795. The molecule has 0 unspecified atom stereocenters. The van der Waals surface area contributed by atoms with Crippen molar-refractivity contribution < 1.29 is 13.2 Å². The van der Waals surface area contributed by atoms with E-state index in [0.29, 0.717) is 25.3 Å². The van der Waals surface area contributed by atoms with E-state index in [4.69, 9.17) is 4.74 Å². The van der Waals surface area contributed by atoms with Crippen LogP contribution >= 0.6 is 0 Å². The number of ether oxygens (including phenoxy) is 1. The van der Waals surface area contributed by atoms with Gasteiger partial charge >= 0.3 is 0 Å². The van der Waals surface area contributed by atoms with Crippen LogP contribution in [0.15, 0.2) is 29.2 Å². The Kier molecular flexibility index (Phi) is 5.66. The maximum absolute atomic E-state index is 12.7. The predicted octanol–water partition coefficient (Wildman–Crippen LogP) is 2.30. The molecule has 0 aliphatic carbocycles. The smallest absolute Gasteiger partial charge is 0.242 e. The molecule has 24 heavy (non-hydrogen) atoms. The number of rotatable bonds is 7. The quantitative estimate of drug-likeness (QED) is 0.768. The van der Waals surface area contributed by atoms with Gasteiger partial charge < -0.3 is 4.74 Å². The fraction of sp³-hybridized carbons (Fsp3) is 0.471. The van der Waals surface area contributed by atoms with Crippen LogP contribution in [0.25, 0.3) is 0 Å². The van der Waals surface area contributed by atoms with E-state index in [1.54, 1.807) is 31.3 Å². The van der Waals surface area contributed by atoms with Crippen LogP contribution in [0.5, 0.6) is 5.75 Å². The molecule has 2 aromatic rings. The third kappa shape index (κ3) is 3.79. The summed E-state index contributed by atoms with van der Waals surface area (Å²) in [6.45, 7) is 6.79. The Labute approximate surface area is 144 Å². The number of hydrogen-bond acceptors (Lipinski definition) is 4. The van der Waals surface area contributed by atoms with Crippen LogP contribution in [0.1, 0.15) is 23.9 Å². The number of hydrogen-bond donors (Lipinski definition) is 0. The van der Waals surface area contributed by atoms with E-state index in [0.717, 1.165) is 17.0 Å². The largest absolute Gasteiger partial charge is 0.494 e. The summed E-state index contributed by atoms with van der Waals surface area (Å²) in [5, 5.41) is 4.37. The molecule has 0 N–H and O–H groups in total. The lowest BCUT2D eigenvalue weighted by Gasteiger charge is -2.17. The Morgan fingerprint density at radius 2 is 1.83 bits per heavy atom. The lowest BCUT2D eigenvalue weighted by molar-refractivity contribution is 0.340. The molecule has 0 fully saturated rings. The Morgan fingerprint density at radius 3 is 2.33 bits per heavy atom. The molecule has 0 amide bonds. The van der Waals surface area contributed by atoms with Gasteiger partial charge in [0, 0.05) is 26.3 Å². The zero-order chi connectivity index (χ0) is 17.9. The fourth-order valence-electron chi connectivity index (χ4n) is 2.62. The highest BCUT2D eigenvalue weighted by atomic mass is 32.2. The van der Waals surface area contributed by atoms with Gasteiger partial charge in [-0.25, -0.2) is 12.7 Å². The topological polar surface area (TPSA) is 64.4 Å². The van der Waals surface area contributed by atoms with Gasteiger partial charge in [0.2, 0.25) is 10.0 Å². The average Bonchev–Trinajstić information content (AvgIpc) is 2.78. The highest BCUT2D eigenvalue weighted by Crippen LogP contribution is 2.20. The lowest BCUT2D eigenvalue weighted by Crippen LogP contribution is -2.29. The first-order valence-corrected chi connectivity index (χ1v) is 9.39. The molecule has 0 aliphatic rings. The van der Waals surface area contributed by atoms with Crippen molar-refractivity contribution in [2.45, 2.75) is 32.1 Å². The van der Waals surface area contributed by atoms with E-state index in [9.17, 15) is 8.42 Å². The zero-order valence-electron chi connectivity index (χ0n) is 14.9. The van der Waals surface area contributed by atoms with Crippen LogP contribution in [0.3, 0.4) is 0 Å². The number of sulfonamides is 1. The molecular formula is C17H25N3O3S. The summed E-state index contributed by atoms with van der Waals surface area (Å²) in [6.07, 6.45) is 0.637. The number of benzene rings is 1. The second kappa shape index (κ2) is 7.36. The maximum Gasteiger partial charge on any atom is 0.242 e. The maximum atomic E-state index is 12.7. The highest BCUT2D eigenvalue weighted by molar-refractivity contribution is 7.89. The molecule has 2 rings (SSSR count). The summed E-state index contributed by atoms with van der Waals surface area (Å²) in [6, 6.07) is 6.52.